The number of aliphatic hydroxyl groups excluding tert-OH is 1. The van der Waals surface area contributed by atoms with Crippen LogP contribution in [0, 0.1) is 5.92 Å². The lowest BCUT2D eigenvalue weighted by Crippen LogP contribution is -2.30. The highest BCUT2D eigenvalue weighted by Crippen LogP contribution is 2.29. The van der Waals surface area contributed by atoms with Crippen LogP contribution in [-0.4, -0.2) is 39.9 Å². The first kappa shape index (κ1) is 21.1. The van der Waals surface area contributed by atoms with Crippen LogP contribution in [0.15, 0.2) is 12.8 Å². The Bertz CT molecular complexity index is 643. The lowest BCUT2D eigenvalue weighted by Gasteiger charge is -2.29. The number of aliphatic hydroxyl groups is 1. The number of rotatable bonds is 7. The molecule has 1 heterocycles. The number of hydrogen-bond donors (Lipinski definition) is 3. The molecule has 2 aliphatic carbocycles. The van der Waals surface area contributed by atoms with Gasteiger partial charge < -0.3 is 20.9 Å². The summed E-state index contributed by atoms with van der Waals surface area (Å²) in [5.74, 6) is 1.11. The van der Waals surface area contributed by atoms with Gasteiger partial charge in [-0.15, -0.1) is 0 Å². The smallest absolute Gasteiger partial charge is 0.223 e. The van der Waals surface area contributed by atoms with Crippen LogP contribution in [0.2, 0.25) is 0 Å². The number of aromatic nitrogens is 2. The second kappa shape index (κ2) is 10.2. The number of hydrogen-bond acceptors (Lipinski definition) is 6. The maximum atomic E-state index is 10.1. The summed E-state index contributed by atoms with van der Waals surface area (Å²) in [6, 6.07) is 0.385. The second-order valence-electron chi connectivity index (χ2n) is 8.40. The van der Waals surface area contributed by atoms with Crippen LogP contribution in [0.4, 0.5) is 5.95 Å². The molecule has 0 unspecified atom stereocenters. The fraction of sp³-hybridized carbons (Fsp3) is 0.727. The number of ether oxygens (including phenoxy) is 1. The molecule has 3 rings (SSSR count). The fourth-order valence-corrected chi connectivity index (χ4v) is 4.59. The highest BCUT2D eigenvalue weighted by Gasteiger charge is 2.24. The molecule has 28 heavy (non-hydrogen) atoms. The van der Waals surface area contributed by atoms with Crippen molar-refractivity contribution >= 4 is 11.6 Å². The van der Waals surface area contributed by atoms with Gasteiger partial charge in [0.15, 0.2) is 0 Å². The van der Waals surface area contributed by atoms with Crippen molar-refractivity contribution in [3.05, 3.63) is 24.0 Å². The average Bonchev–Trinajstić information content (AvgIpc) is 2.87. The average molecular weight is 389 g/mol. The highest BCUT2D eigenvalue weighted by molar-refractivity contribution is 5.62. The molecular weight excluding hydrogens is 352 g/mol. The van der Waals surface area contributed by atoms with E-state index in [9.17, 15) is 5.11 Å². The van der Waals surface area contributed by atoms with Gasteiger partial charge in [-0.25, -0.2) is 9.97 Å². The summed E-state index contributed by atoms with van der Waals surface area (Å²) in [5.41, 5.74) is 8.29. The van der Waals surface area contributed by atoms with Gasteiger partial charge in [-0.3, -0.25) is 0 Å². The Kier molecular flexibility index (Phi) is 7.68. The Morgan fingerprint density at radius 3 is 2.71 bits per heavy atom. The zero-order valence-corrected chi connectivity index (χ0v) is 17.2. The van der Waals surface area contributed by atoms with Crippen LogP contribution in [0.3, 0.4) is 0 Å². The molecule has 0 aliphatic heterocycles. The summed E-state index contributed by atoms with van der Waals surface area (Å²) >= 11 is 0. The fourth-order valence-electron chi connectivity index (χ4n) is 4.59. The van der Waals surface area contributed by atoms with Crippen LogP contribution >= 0.6 is 0 Å². The Labute approximate surface area is 169 Å². The Morgan fingerprint density at radius 2 is 2.00 bits per heavy atom. The summed E-state index contributed by atoms with van der Waals surface area (Å²) in [6.07, 6.45) is 12.3. The van der Waals surface area contributed by atoms with E-state index in [0.29, 0.717) is 29.7 Å². The number of nitrogens with one attached hydrogen (secondary N) is 1. The van der Waals surface area contributed by atoms with Crippen molar-refractivity contribution in [3.63, 3.8) is 0 Å². The Balaban J connectivity index is 1.66. The molecule has 0 saturated heterocycles. The second-order valence-corrected chi connectivity index (χ2v) is 8.40. The lowest BCUT2D eigenvalue weighted by atomic mass is 9.92. The van der Waals surface area contributed by atoms with E-state index in [2.05, 4.69) is 23.8 Å². The molecule has 156 valence electrons. The van der Waals surface area contributed by atoms with Crippen molar-refractivity contribution in [3.8, 4) is 0 Å². The molecule has 0 spiro atoms. The van der Waals surface area contributed by atoms with Gasteiger partial charge in [0.2, 0.25) is 5.95 Å². The van der Waals surface area contributed by atoms with Gasteiger partial charge >= 0.3 is 0 Å². The molecular formula is C22H36N4O2. The zero-order valence-electron chi connectivity index (χ0n) is 17.2. The molecule has 2 saturated carbocycles. The van der Waals surface area contributed by atoms with Crippen molar-refractivity contribution < 1.29 is 9.84 Å². The standard InChI is InChI=1S/C22H36N4O2/c1-3-28-19-10-8-17(9-11-19)25-22-24-14-20(15(2)23)21(26-22)13-16-6-4-5-7-18(27)12-16/h14,16-19,27H,2-13,23H2,1H3,(H,24,25,26)/t16-,17?,18+,19?/m1/s1. The van der Waals surface area contributed by atoms with Crippen LogP contribution in [0.25, 0.3) is 5.70 Å². The quantitative estimate of drug-likeness (QED) is 0.617. The van der Waals surface area contributed by atoms with E-state index in [1.54, 1.807) is 6.20 Å². The third-order valence-electron chi connectivity index (χ3n) is 6.11. The van der Waals surface area contributed by atoms with Crippen LogP contribution < -0.4 is 11.1 Å². The maximum absolute atomic E-state index is 10.1. The van der Waals surface area contributed by atoms with Gasteiger partial charge in [-0.05, 0) is 64.2 Å². The topological polar surface area (TPSA) is 93.3 Å². The van der Waals surface area contributed by atoms with Gasteiger partial charge in [0.25, 0.3) is 0 Å². The van der Waals surface area contributed by atoms with Crippen molar-refractivity contribution in [1.29, 1.82) is 0 Å². The van der Waals surface area contributed by atoms with E-state index in [0.717, 1.165) is 75.7 Å². The zero-order chi connectivity index (χ0) is 19.9. The SMILES string of the molecule is C=C(N)c1cnc(NC2CCC(OCC)CC2)nc1C[C@@H]1CCCC[C@H](O)C1. The molecule has 2 atom stereocenters. The first-order valence-corrected chi connectivity index (χ1v) is 10.9. The lowest BCUT2D eigenvalue weighted by molar-refractivity contribution is 0.0346. The third kappa shape index (κ3) is 5.92. The van der Waals surface area contributed by atoms with E-state index < -0.39 is 0 Å². The van der Waals surface area contributed by atoms with E-state index in [4.69, 9.17) is 15.5 Å². The van der Waals surface area contributed by atoms with Gasteiger partial charge in [0.05, 0.1) is 17.9 Å². The van der Waals surface area contributed by atoms with Gasteiger partial charge in [0.1, 0.15) is 0 Å². The van der Waals surface area contributed by atoms with Crippen LogP contribution in [0.1, 0.15) is 76.0 Å². The Morgan fingerprint density at radius 1 is 1.25 bits per heavy atom. The minimum Gasteiger partial charge on any atom is -0.399 e. The molecule has 6 heteroatoms. The van der Waals surface area contributed by atoms with Gasteiger partial charge in [-0.1, -0.05) is 19.4 Å². The highest BCUT2D eigenvalue weighted by atomic mass is 16.5. The molecule has 2 fully saturated rings. The van der Waals surface area contributed by atoms with Gasteiger partial charge in [-0.2, -0.15) is 0 Å². The molecule has 0 radical (unpaired) electrons. The van der Waals surface area contributed by atoms with Gasteiger partial charge in [0, 0.05) is 30.1 Å². The minimum atomic E-state index is -0.197. The van der Waals surface area contributed by atoms with Crippen molar-refractivity contribution in [2.45, 2.75) is 89.4 Å². The monoisotopic (exact) mass is 388 g/mol. The molecule has 6 nitrogen and oxygen atoms in total. The number of anilines is 1. The van der Waals surface area contributed by atoms with Crippen molar-refractivity contribution in [2.24, 2.45) is 11.7 Å². The molecule has 4 N–H and O–H groups in total. The van der Waals surface area contributed by atoms with Crippen molar-refractivity contribution in [2.75, 3.05) is 11.9 Å². The van der Waals surface area contributed by atoms with E-state index in [1.807, 2.05) is 0 Å². The maximum Gasteiger partial charge on any atom is 0.223 e. The van der Waals surface area contributed by atoms with E-state index in [-0.39, 0.29) is 6.10 Å². The first-order chi connectivity index (χ1) is 13.5. The van der Waals surface area contributed by atoms with Crippen LogP contribution in [-0.2, 0) is 11.2 Å². The van der Waals surface area contributed by atoms with Crippen molar-refractivity contribution in [1.82, 2.24) is 9.97 Å². The molecule has 1 aromatic heterocycles. The first-order valence-electron chi connectivity index (χ1n) is 10.9. The summed E-state index contributed by atoms with van der Waals surface area (Å²) in [6.45, 7) is 6.74. The normalized spacial score (nSPS) is 28.5. The molecule has 2 aliphatic rings. The minimum absolute atomic E-state index is 0.197. The summed E-state index contributed by atoms with van der Waals surface area (Å²) < 4.78 is 5.74. The number of nitrogens with two attached hydrogens (primary N) is 1. The van der Waals surface area contributed by atoms with E-state index in [1.165, 1.54) is 6.42 Å². The largest absolute Gasteiger partial charge is 0.399 e. The molecule has 0 aromatic carbocycles. The molecule has 1 aromatic rings. The third-order valence-corrected chi connectivity index (χ3v) is 6.11. The molecule has 0 bridgehead atoms. The van der Waals surface area contributed by atoms with Crippen LogP contribution in [0.5, 0.6) is 0 Å². The summed E-state index contributed by atoms with van der Waals surface area (Å²) in [5, 5.41) is 13.7. The summed E-state index contributed by atoms with van der Waals surface area (Å²) in [7, 11) is 0. The predicted octanol–water partition coefficient (Wildman–Crippen LogP) is 3.65. The molecule has 0 amide bonds. The summed E-state index contributed by atoms with van der Waals surface area (Å²) in [4.78, 5) is 9.31. The Hall–Kier alpha value is -1.66. The number of nitrogens with zero attached hydrogens (tertiary/aromatic N) is 2. The predicted molar refractivity (Wildman–Crippen MR) is 113 cm³/mol. The van der Waals surface area contributed by atoms with E-state index >= 15 is 0 Å².